The van der Waals surface area contributed by atoms with Crippen LogP contribution in [0.25, 0.3) is 0 Å². The first kappa shape index (κ1) is 20.4. The van der Waals surface area contributed by atoms with E-state index in [9.17, 15) is 14.9 Å². The van der Waals surface area contributed by atoms with Crippen molar-refractivity contribution in [2.24, 2.45) is 0 Å². The molecule has 2 aromatic rings. The molecule has 3 N–H and O–H groups in total. The summed E-state index contributed by atoms with van der Waals surface area (Å²) in [6, 6.07) is 6.94. The number of nitrogens with zero attached hydrogens (tertiary/aromatic N) is 4. The van der Waals surface area contributed by atoms with Crippen LogP contribution in [0.5, 0.6) is 0 Å². The molecule has 0 unspecified atom stereocenters. The average molecular weight is 401 g/mol. The van der Waals surface area contributed by atoms with Crippen molar-refractivity contribution in [1.29, 1.82) is 0 Å². The fourth-order valence-corrected chi connectivity index (χ4v) is 2.82. The Morgan fingerprint density at radius 3 is 2.59 bits per heavy atom. The summed E-state index contributed by atoms with van der Waals surface area (Å²) in [6.07, 6.45) is 1.20. The number of anilines is 2. The standard InChI is InChI=1S/C18H23N7O4/c1-13-2-4-14(5-3-13)18(26)23-22-17-15(25(27)28)16(20-12-21-17)19-6-7-24-8-10-29-11-9-24/h2-5,12H,6-11H2,1H3,(H,23,26)(H2,19,20,21,22). The van der Waals surface area contributed by atoms with E-state index in [-0.39, 0.29) is 17.3 Å². The molecule has 1 aliphatic heterocycles. The van der Waals surface area contributed by atoms with Gasteiger partial charge in [0.15, 0.2) is 0 Å². The number of aromatic nitrogens is 2. The molecule has 0 bridgehead atoms. The summed E-state index contributed by atoms with van der Waals surface area (Å²) in [6.45, 7) is 6.11. The summed E-state index contributed by atoms with van der Waals surface area (Å²) in [5.74, 6) is -0.440. The maximum absolute atomic E-state index is 12.2. The molecule has 1 aromatic heterocycles. The lowest BCUT2D eigenvalue weighted by Crippen LogP contribution is -2.39. The van der Waals surface area contributed by atoms with Crippen LogP contribution < -0.4 is 16.2 Å². The Hall–Kier alpha value is -3.31. The number of morpholine rings is 1. The molecule has 1 saturated heterocycles. The second-order valence-electron chi connectivity index (χ2n) is 6.50. The van der Waals surface area contributed by atoms with Gasteiger partial charge in [0.25, 0.3) is 5.91 Å². The lowest BCUT2D eigenvalue weighted by molar-refractivity contribution is -0.383. The van der Waals surface area contributed by atoms with Gasteiger partial charge in [-0.25, -0.2) is 9.97 Å². The topological polar surface area (TPSA) is 135 Å². The second-order valence-corrected chi connectivity index (χ2v) is 6.50. The molecular weight excluding hydrogens is 378 g/mol. The smallest absolute Gasteiger partial charge is 0.354 e. The molecular formula is C18H23N7O4. The van der Waals surface area contributed by atoms with Gasteiger partial charge in [-0.05, 0) is 19.1 Å². The van der Waals surface area contributed by atoms with Gasteiger partial charge in [0.1, 0.15) is 6.33 Å². The van der Waals surface area contributed by atoms with Crippen molar-refractivity contribution in [3.8, 4) is 0 Å². The molecule has 29 heavy (non-hydrogen) atoms. The molecule has 0 saturated carbocycles. The number of nitro groups is 1. The van der Waals surface area contributed by atoms with Crippen molar-refractivity contribution in [2.75, 3.05) is 50.1 Å². The number of nitrogens with one attached hydrogen (secondary N) is 3. The van der Waals surface area contributed by atoms with Crippen LogP contribution in [-0.4, -0.2) is 65.1 Å². The Morgan fingerprint density at radius 1 is 1.21 bits per heavy atom. The molecule has 1 aromatic carbocycles. The van der Waals surface area contributed by atoms with Crippen LogP contribution in [0.3, 0.4) is 0 Å². The van der Waals surface area contributed by atoms with Crippen molar-refractivity contribution in [3.63, 3.8) is 0 Å². The van der Waals surface area contributed by atoms with Crippen LogP contribution in [-0.2, 0) is 4.74 Å². The molecule has 0 aliphatic carbocycles. The third-order valence-electron chi connectivity index (χ3n) is 4.44. The van der Waals surface area contributed by atoms with Gasteiger partial charge in [-0.2, -0.15) is 0 Å². The number of hydrazine groups is 1. The molecule has 1 aliphatic rings. The summed E-state index contributed by atoms with van der Waals surface area (Å²) in [7, 11) is 0. The van der Waals surface area contributed by atoms with E-state index in [1.807, 2.05) is 6.92 Å². The van der Waals surface area contributed by atoms with Crippen molar-refractivity contribution >= 4 is 23.2 Å². The molecule has 0 spiro atoms. The monoisotopic (exact) mass is 401 g/mol. The van der Waals surface area contributed by atoms with Crippen LogP contribution in [0.1, 0.15) is 15.9 Å². The number of ether oxygens (including phenoxy) is 1. The summed E-state index contributed by atoms with van der Waals surface area (Å²) in [4.78, 5) is 33.3. The number of amides is 1. The summed E-state index contributed by atoms with van der Waals surface area (Å²) >= 11 is 0. The first-order valence-corrected chi connectivity index (χ1v) is 9.21. The van der Waals surface area contributed by atoms with Crippen LogP contribution in [0, 0.1) is 17.0 Å². The van der Waals surface area contributed by atoms with Gasteiger partial charge < -0.3 is 10.1 Å². The molecule has 11 nitrogen and oxygen atoms in total. The Kier molecular flexibility index (Phi) is 6.87. The van der Waals surface area contributed by atoms with Gasteiger partial charge in [-0.3, -0.25) is 30.7 Å². The summed E-state index contributed by atoms with van der Waals surface area (Å²) < 4.78 is 5.30. The van der Waals surface area contributed by atoms with Gasteiger partial charge >= 0.3 is 5.69 Å². The zero-order chi connectivity index (χ0) is 20.6. The van der Waals surface area contributed by atoms with Crippen molar-refractivity contribution in [2.45, 2.75) is 6.92 Å². The number of carbonyl (C=O) groups excluding carboxylic acids is 1. The minimum Gasteiger partial charge on any atom is -0.379 e. The molecule has 11 heteroatoms. The van der Waals surface area contributed by atoms with Crippen molar-refractivity contribution in [3.05, 3.63) is 51.8 Å². The van der Waals surface area contributed by atoms with Gasteiger partial charge in [-0.1, -0.05) is 17.7 Å². The fraction of sp³-hybridized carbons (Fsp3) is 0.389. The number of benzene rings is 1. The van der Waals surface area contributed by atoms with E-state index in [0.29, 0.717) is 31.9 Å². The van der Waals surface area contributed by atoms with Gasteiger partial charge in [-0.15, -0.1) is 0 Å². The number of hydrogen-bond acceptors (Lipinski definition) is 9. The first-order chi connectivity index (χ1) is 14.0. The van der Waals surface area contributed by atoms with Gasteiger partial charge in [0.05, 0.1) is 18.1 Å². The Bertz CT molecular complexity index is 854. The van der Waals surface area contributed by atoms with Crippen LogP contribution in [0.15, 0.2) is 30.6 Å². The van der Waals surface area contributed by atoms with E-state index in [1.54, 1.807) is 24.3 Å². The van der Waals surface area contributed by atoms with Crippen molar-refractivity contribution in [1.82, 2.24) is 20.3 Å². The molecule has 0 radical (unpaired) electrons. The average Bonchev–Trinajstić information content (AvgIpc) is 2.73. The summed E-state index contributed by atoms with van der Waals surface area (Å²) in [5, 5.41) is 14.5. The van der Waals surface area contributed by atoms with E-state index < -0.39 is 10.8 Å². The SMILES string of the molecule is Cc1ccc(C(=O)NNc2ncnc(NCCN3CCOCC3)c2[N+](=O)[O-])cc1. The lowest BCUT2D eigenvalue weighted by Gasteiger charge is -2.26. The first-order valence-electron chi connectivity index (χ1n) is 9.21. The largest absolute Gasteiger partial charge is 0.379 e. The Balaban J connectivity index is 1.63. The van der Waals surface area contributed by atoms with E-state index in [1.165, 1.54) is 6.33 Å². The predicted molar refractivity (Wildman–Crippen MR) is 107 cm³/mol. The zero-order valence-corrected chi connectivity index (χ0v) is 16.1. The third-order valence-corrected chi connectivity index (χ3v) is 4.44. The minimum atomic E-state index is -0.586. The highest BCUT2D eigenvalue weighted by atomic mass is 16.6. The number of aryl methyl sites for hydroxylation is 1. The van der Waals surface area contributed by atoms with Crippen LogP contribution in [0.4, 0.5) is 17.3 Å². The fourth-order valence-electron chi connectivity index (χ4n) is 2.82. The van der Waals surface area contributed by atoms with E-state index in [4.69, 9.17) is 4.74 Å². The molecule has 154 valence electrons. The number of rotatable bonds is 8. The second kappa shape index (κ2) is 9.75. The number of carbonyl (C=O) groups is 1. The normalized spacial score (nSPS) is 14.2. The van der Waals surface area contributed by atoms with E-state index >= 15 is 0 Å². The molecule has 3 rings (SSSR count). The highest BCUT2D eigenvalue weighted by Gasteiger charge is 2.23. The van der Waals surface area contributed by atoms with Crippen LogP contribution in [0.2, 0.25) is 0 Å². The van der Waals surface area contributed by atoms with Gasteiger partial charge in [0.2, 0.25) is 11.6 Å². The maximum atomic E-state index is 12.2. The molecule has 1 amide bonds. The Morgan fingerprint density at radius 2 is 1.90 bits per heavy atom. The highest BCUT2D eigenvalue weighted by molar-refractivity contribution is 5.95. The predicted octanol–water partition coefficient (Wildman–Crippen LogP) is 1.19. The van der Waals surface area contributed by atoms with E-state index in [2.05, 4.69) is 31.0 Å². The van der Waals surface area contributed by atoms with E-state index in [0.717, 1.165) is 18.7 Å². The Labute approximate surface area is 167 Å². The lowest BCUT2D eigenvalue weighted by atomic mass is 10.1. The number of hydrogen-bond donors (Lipinski definition) is 3. The third kappa shape index (κ3) is 5.59. The zero-order valence-electron chi connectivity index (χ0n) is 16.1. The molecule has 0 atom stereocenters. The van der Waals surface area contributed by atoms with Crippen LogP contribution >= 0.6 is 0 Å². The highest BCUT2D eigenvalue weighted by Crippen LogP contribution is 2.28. The molecule has 1 fully saturated rings. The van der Waals surface area contributed by atoms with Gasteiger partial charge in [0, 0.05) is 31.7 Å². The maximum Gasteiger partial charge on any atom is 0.354 e. The molecule has 2 heterocycles. The minimum absolute atomic E-state index is 0.0883. The van der Waals surface area contributed by atoms with Crippen molar-refractivity contribution < 1.29 is 14.5 Å². The summed E-state index contributed by atoms with van der Waals surface area (Å²) in [5.41, 5.74) is 6.07. The quantitative estimate of drug-likeness (QED) is 0.440.